The molecule has 2 heterocycles. The van der Waals surface area contributed by atoms with Gasteiger partial charge in [-0.25, -0.2) is 8.42 Å². The fourth-order valence-electron chi connectivity index (χ4n) is 2.43. The molecule has 0 bridgehead atoms. The van der Waals surface area contributed by atoms with E-state index in [0.717, 1.165) is 22.5 Å². The Morgan fingerprint density at radius 2 is 2.05 bits per heavy atom. The Hall–Kier alpha value is -1.86. The van der Waals surface area contributed by atoms with Gasteiger partial charge in [-0.2, -0.15) is 0 Å². The summed E-state index contributed by atoms with van der Waals surface area (Å²) in [6.07, 6.45) is 1.12. The van der Waals surface area contributed by atoms with E-state index in [9.17, 15) is 13.2 Å². The molecule has 0 aliphatic carbocycles. The van der Waals surface area contributed by atoms with Crippen LogP contribution in [-0.4, -0.2) is 21.4 Å². The van der Waals surface area contributed by atoms with Crippen LogP contribution >= 0.6 is 11.3 Å². The number of hydrogen-bond donors (Lipinski definition) is 1. The molecule has 1 aliphatic heterocycles. The van der Waals surface area contributed by atoms with Gasteiger partial charge in [0.05, 0.1) is 6.42 Å². The maximum atomic E-state index is 12.4. The van der Waals surface area contributed by atoms with Gasteiger partial charge in [-0.05, 0) is 42.3 Å². The summed E-state index contributed by atoms with van der Waals surface area (Å²) in [7, 11) is -1.86. The monoisotopic (exact) mass is 336 g/mol. The third-order valence-electron chi connectivity index (χ3n) is 3.66. The van der Waals surface area contributed by atoms with Crippen molar-refractivity contribution < 1.29 is 13.2 Å². The molecular formula is C15H16N2O3S2. The van der Waals surface area contributed by atoms with E-state index in [-0.39, 0.29) is 5.91 Å². The molecule has 5 nitrogen and oxygen atoms in total. The van der Waals surface area contributed by atoms with Crippen molar-refractivity contribution in [3.8, 4) is 0 Å². The lowest BCUT2D eigenvalue weighted by molar-refractivity contribution is -0.117. The molecule has 1 aromatic heterocycles. The van der Waals surface area contributed by atoms with Gasteiger partial charge in [0.15, 0.2) is 0 Å². The van der Waals surface area contributed by atoms with Crippen LogP contribution in [0.25, 0.3) is 0 Å². The van der Waals surface area contributed by atoms with Crippen LogP contribution in [0.4, 0.5) is 11.4 Å². The Morgan fingerprint density at radius 1 is 1.27 bits per heavy atom. The molecule has 0 atom stereocenters. The fourth-order valence-corrected chi connectivity index (χ4v) is 4.78. The summed E-state index contributed by atoms with van der Waals surface area (Å²) < 4.78 is 27.7. The first-order valence-corrected chi connectivity index (χ1v) is 9.21. The van der Waals surface area contributed by atoms with Crippen molar-refractivity contribution in [2.24, 2.45) is 0 Å². The van der Waals surface area contributed by atoms with Crippen LogP contribution in [0.3, 0.4) is 0 Å². The van der Waals surface area contributed by atoms with Crippen molar-refractivity contribution in [2.45, 2.75) is 24.0 Å². The highest BCUT2D eigenvalue weighted by molar-refractivity contribution is 7.94. The lowest BCUT2D eigenvalue weighted by atomic mass is 10.1. The summed E-state index contributed by atoms with van der Waals surface area (Å²) in [5.41, 5.74) is 2.15. The predicted molar refractivity (Wildman–Crippen MR) is 88.1 cm³/mol. The molecule has 0 saturated carbocycles. The van der Waals surface area contributed by atoms with E-state index >= 15 is 0 Å². The van der Waals surface area contributed by atoms with E-state index in [2.05, 4.69) is 4.72 Å². The SMILES string of the molecule is CCc1ccc(S(=O)(=O)Nc2ccc3c(c2)CC(=O)N3C)s1. The highest BCUT2D eigenvalue weighted by Gasteiger charge is 2.25. The van der Waals surface area contributed by atoms with E-state index in [1.54, 1.807) is 36.2 Å². The quantitative estimate of drug-likeness (QED) is 0.933. The van der Waals surface area contributed by atoms with E-state index < -0.39 is 10.0 Å². The number of aryl methyl sites for hydroxylation is 1. The standard InChI is InChI=1S/C15H16N2O3S2/c1-3-12-5-7-15(21-12)22(19,20)16-11-4-6-13-10(8-11)9-14(18)17(13)2/h4-8,16H,3,9H2,1-2H3. The first-order chi connectivity index (χ1) is 10.4. The number of fused-ring (bicyclic) bond motifs is 1. The zero-order valence-corrected chi connectivity index (χ0v) is 13.9. The number of anilines is 2. The molecule has 116 valence electrons. The normalized spacial score (nSPS) is 14.3. The molecule has 0 spiro atoms. The fraction of sp³-hybridized carbons (Fsp3) is 0.267. The number of carbonyl (C=O) groups is 1. The molecule has 1 amide bonds. The second-order valence-electron chi connectivity index (χ2n) is 5.15. The van der Waals surface area contributed by atoms with Crippen LogP contribution < -0.4 is 9.62 Å². The van der Waals surface area contributed by atoms with Gasteiger partial charge in [0.2, 0.25) is 5.91 Å². The van der Waals surface area contributed by atoms with E-state index in [4.69, 9.17) is 0 Å². The molecule has 0 radical (unpaired) electrons. The van der Waals surface area contributed by atoms with Crippen LogP contribution in [0.15, 0.2) is 34.5 Å². The van der Waals surface area contributed by atoms with Crippen LogP contribution in [0.5, 0.6) is 0 Å². The highest BCUT2D eigenvalue weighted by Crippen LogP contribution is 2.31. The van der Waals surface area contributed by atoms with Crippen LogP contribution in [-0.2, 0) is 27.7 Å². The van der Waals surface area contributed by atoms with Gasteiger partial charge in [0.1, 0.15) is 4.21 Å². The maximum absolute atomic E-state index is 12.4. The Morgan fingerprint density at radius 3 is 2.73 bits per heavy atom. The summed E-state index contributed by atoms with van der Waals surface area (Å²) in [4.78, 5) is 14.3. The number of sulfonamides is 1. The Kier molecular flexibility index (Phi) is 3.70. The number of amides is 1. The number of nitrogens with zero attached hydrogens (tertiary/aromatic N) is 1. The van der Waals surface area contributed by atoms with Crippen molar-refractivity contribution in [2.75, 3.05) is 16.7 Å². The topological polar surface area (TPSA) is 66.5 Å². The minimum absolute atomic E-state index is 0.0147. The van der Waals surface area contributed by atoms with Gasteiger partial charge < -0.3 is 4.90 Å². The van der Waals surface area contributed by atoms with Crippen molar-refractivity contribution in [1.82, 2.24) is 0 Å². The molecule has 22 heavy (non-hydrogen) atoms. The van der Waals surface area contributed by atoms with Gasteiger partial charge in [0, 0.05) is 23.3 Å². The summed E-state index contributed by atoms with van der Waals surface area (Å²) >= 11 is 1.27. The molecule has 0 unspecified atom stereocenters. The average molecular weight is 336 g/mol. The zero-order chi connectivity index (χ0) is 15.9. The number of thiophene rings is 1. The summed E-state index contributed by atoms with van der Waals surface area (Å²) in [6, 6.07) is 8.62. The second kappa shape index (κ2) is 5.40. The van der Waals surface area contributed by atoms with Crippen molar-refractivity contribution in [3.63, 3.8) is 0 Å². The second-order valence-corrected chi connectivity index (χ2v) is 8.23. The number of rotatable bonds is 4. The number of nitrogens with one attached hydrogen (secondary N) is 1. The third kappa shape index (κ3) is 2.62. The summed E-state index contributed by atoms with van der Waals surface area (Å²) in [6.45, 7) is 1.99. The first-order valence-electron chi connectivity index (χ1n) is 6.91. The summed E-state index contributed by atoms with van der Waals surface area (Å²) in [5, 5.41) is 0. The Labute approximate surface area is 133 Å². The van der Waals surface area contributed by atoms with Gasteiger partial charge in [0.25, 0.3) is 10.0 Å². The first kappa shape index (κ1) is 15.1. The average Bonchev–Trinajstić information content (AvgIpc) is 3.05. The van der Waals surface area contributed by atoms with Crippen LogP contribution in [0.2, 0.25) is 0 Å². The molecule has 1 aromatic carbocycles. The maximum Gasteiger partial charge on any atom is 0.271 e. The Balaban J connectivity index is 1.87. The number of hydrogen-bond acceptors (Lipinski definition) is 4. The number of carbonyl (C=O) groups excluding carboxylic acids is 1. The molecule has 1 aliphatic rings. The number of benzene rings is 1. The third-order valence-corrected chi connectivity index (χ3v) is 6.76. The predicted octanol–water partition coefficient (Wildman–Crippen LogP) is 2.63. The zero-order valence-electron chi connectivity index (χ0n) is 12.3. The van der Waals surface area contributed by atoms with Crippen molar-refractivity contribution >= 4 is 38.6 Å². The van der Waals surface area contributed by atoms with Crippen LogP contribution in [0, 0.1) is 0 Å². The molecule has 0 fully saturated rings. The van der Waals surface area contributed by atoms with Crippen LogP contribution in [0.1, 0.15) is 17.4 Å². The van der Waals surface area contributed by atoms with Gasteiger partial charge in [-0.15, -0.1) is 11.3 Å². The number of likely N-dealkylation sites (N-methyl/N-ethyl adjacent to an activating group) is 1. The van der Waals surface area contributed by atoms with Crippen molar-refractivity contribution in [3.05, 3.63) is 40.8 Å². The van der Waals surface area contributed by atoms with Gasteiger partial charge in [-0.1, -0.05) is 6.92 Å². The van der Waals surface area contributed by atoms with E-state index in [1.165, 1.54) is 11.3 Å². The molecule has 2 aromatic rings. The minimum atomic E-state index is -3.58. The molecule has 3 rings (SSSR count). The van der Waals surface area contributed by atoms with Crippen molar-refractivity contribution in [1.29, 1.82) is 0 Å². The Bertz CT molecular complexity index is 840. The molecule has 7 heteroatoms. The highest BCUT2D eigenvalue weighted by atomic mass is 32.2. The van der Waals surface area contributed by atoms with E-state index in [1.807, 2.05) is 13.0 Å². The summed E-state index contributed by atoms with van der Waals surface area (Å²) in [5.74, 6) is 0.0147. The smallest absolute Gasteiger partial charge is 0.271 e. The van der Waals surface area contributed by atoms with Gasteiger partial charge >= 0.3 is 0 Å². The molecular weight excluding hydrogens is 320 g/mol. The molecule has 1 N–H and O–H groups in total. The minimum Gasteiger partial charge on any atom is -0.315 e. The van der Waals surface area contributed by atoms with Gasteiger partial charge in [-0.3, -0.25) is 9.52 Å². The largest absolute Gasteiger partial charge is 0.315 e. The lowest BCUT2D eigenvalue weighted by Crippen LogP contribution is -2.20. The van der Waals surface area contributed by atoms with E-state index in [0.29, 0.717) is 16.3 Å². The molecule has 0 saturated heterocycles. The lowest BCUT2D eigenvalue weighted by Gasteiger charge is -2.11.